The molecule has 0 fully saturated rings. The van der Waals surface area contributed by atoms with Gasteiger partial charge in [-0.25, -0.2) is 4.98 Å². The summed E-state index contributed by atoms with van der Waals surface area (Å²) in [5, 5.41) is 4.09. The number of hydrogen-bond acceptors (Lipinski definition) is 3. The van der Waals surface area contributed by atoms with Crippen LogP contribution in [-0.4, -0.2) is 17.7 Å². The van der Waals surface area contributed by atoms with E-state index in [4.69, 9.17) is 11.6 Å². The molecule has 0 spiro atoms. The second kappa shape index (κ2) is 5.32. The zero-order valence-electron chi connectivity index (χ0n) is 9.22. The van der Waals surface area contributed by atoms with Gasteiger partial charge in [0.1, 0.15) is 0 Å². The van der Waals surface area contributed by atoms with E-state index in [0.29, 0.717) is 10.2 Å². The molecule has 0 saturated heterocycles. The lowest BCUT2D eigenvalue weighted by Crippen LogP contribution is -2.10. The van der Waals surface area contributed by atoms with Crippen molar-refractivity contribution in [3.63, 3.8) is 0 Å². The number of alkyl halides is 3. The maximum absolute atomic E-state index is 11.9. The van der Waals surface area contributed by atoms with Crippen molar-refractivity contribution in [3.8, 4) is 0 Å². The molecule has 0 radical (unpaired) electrons. The maximum atomic E-state index is 11.9. The smallest absolute Gasteiger partial charge is 0.361 e. The molecule has 1 N–H and O–H groups in total. The van der Waals surface area contributed by atoms with E-state index in [1.165, 1.54) is 11.3 Å². The van der Waals surface area contributed by atoms with Gasteiger partial charge in [-0.05, 0) is 18.6 Å². The highest BCUT2D eigenvalue weighted by atomic mass is 35.5. The van der Waals surface area contributed by atoms with Crippen LogP contribution in [0.2, 0.25) is 5.02 Å². The van der Waals surface area contributed by atoms with Crippen LogP contribution in [0.1, 0.15) is 12.8 Å². The van der Waals surface area contributed by atoms with Crippen LogP contribution in [-0.2, 0) is 0 Å². The van der Waals surface area contributed by atoms with Crippen LogP contribution < -0.4 is 5.32 Å². The van der Waals surface area contributed by atoms with Crippen molar-refractivity contribution >= 4 is 38.3 Å². The molecule has 98 valence electrons. The van der Waals surface area contributed by atoms with E-state index in [1.54, 1.807) is 12.1 Å². The Kier molecular flexibility index (Phi) is 3.97. The van der Waals surface area contributed by atoms with E-state index in [0.717, 1.165) is 10.2 Å². The minimum atomic E-state index is -4.10. The van der Waals surface area contributed by atoms with Gasteiger partial charge in [0.15, 0.2) is 5.13 Å². The molecule has 1 heterocycles. The molecule has 7 heteroatoms. The topological polar surface area (TPSA) is 24.9 Å². The molecule has 0 amide bonds. The number of nitrogens with zero attached hydrogens (tertiary/aromatic N) is 1. The van der Waals surface area contributed by atoms with Crippen LogP contribution >= 0.6 is 22.9 Å². The number of halogens is 4. The summed E-state index contributed by atoms with van der Waals surface area (Å²) in [4.78, 5) is 4.25. The fraction of sp³-hybridized carbons (Fsp3) is 0.364. The predicted octanol–water partition coefficient (Wildman–Crippen LogP) is 4.70. The first-order valence-electron chi connectivity index (χ1n) is 5.31. The molecule has 0 aliphatic rings. The van der Waals surface area contributed by atoms with Gasteiger partial charge >= 0.3 is 6.18 Å². The van der Waals surface area contributed by atoms with Crippen molar-refractivity contribution in [2.45, 2.75) is 19.0 Å². The monoisotopic (exact) mass is 294 g/mol. The van der Waals surface area contributed by atoms with E-state index >= 15 is 0 Å². The van der Waals surface area contributed by atoms with Crippen molar-refractivity contribution in [1.82, 2.24) is 4.98 Å². The number of anilines is 1. The van der Waals surface area contributed by atoms with Crippen molar-refractivity contribution < 1.29 is 13.2 Å². The van der Waals surface area contributed by atoms with Crippen LogP contribution in [0, 0.1) is 0 Å². The Morgan fingerprint density at radius 3 is 2.78 bits per heavy atom. The molecule has 2 aromatic rings. The number of hydrogen-bond donors (Lipinski definition) is 1. The second-order valence-electron chi connectivity index (χ2n) is 3.75. The van der Waals surface area contributed by atoms with Crippen LogP contribution in [0.4, 0.5) is 18.3 Å². The van der Waals surface area contributed by atoms with Gasteiger partial charge in [0.05, 0.1) is 15.2 Å². The normalized spacial score (nSPS) is 12.0. The largest absolute Gasteiger partial charge is 0.389 e. The lowest BCUT2D eigenvalue weighted by atomic mass is 10.3. The number of aromatic nitrogens is 1. The van der Waals surface area contributed by atoms with E-state index in [-0.39, 0.29) is 13.0 Å². The average molecular weight is 295 g/mol. The summed E-state index contributed by atoms with van der Waals surface area (Å²) in [6, 6.07) is 5.37. The van der Waals surface area contributed by atoms with Crippen LogP contribution in [0.15, 0.2) is 18.2 Å². The Balaban J connectivity index is 1.94. The van der Waals surface area contributed by atoms with E-state index < -0.39 is 12.6 Å². The Morgan fingerprint density at radius 2 is 2.11 bits per heavy atom. The van der Waals surface area contributed by atoms with Crippen LogP contribution in [0.25, 0.3) is 10.2 Å². The third-order valence-corrected chi connectivity index (χ3v) is 3.77. The third-order valence-electron chi connectivity index (χ3n) is 2.28. The van der Waals surface area contributed by atoms with Gasteiger partial charge in [0.25, 0.3) is 0 Å². The first kappa shape index (κ1) is 13.4. The highest BCUT2D eigenvalue weighted by Gasteiger charge is 2.25. The molecule has 2 rings (SSSR count). The average Bonchev–Trinajstić information content (AvgIpc) is 2.68. The molecule has 0 saturated carbocycles. The summed E-state index contributed by atoms with van der Waals surface area (Å²) in [5.41, 5.74) is 0.755. The fourth-order valence-electron chi connectivity index (χ4n) is 1.48. The van der Waals surface area contributed by atoms with Crippen molar-refractivity contribution in [2.24, 2.45) is 0 Å². The molecule has 1 aromatic carbocycles. The molecule has 0 aliphatic heterocycles. The van der Waals surface area contributed by atoms with Crippen molar-refractivity contribution in [2.75, 3.05) is 11.9 Å². The molecular weight excluding hydrogens is 285 g/mol. The Hall–Kier alpha value is -1.01. The zero-order chi connectivity index (χ0) is 13.2. The molecule has 0 bridgehead atoms. The minimum absolute atomic E-state index is 0.0349. The minimum Gasteiger partial charge on any atom is -0.361 e. The van der Waals surface area contributed by atoms with Gasteiger partial charge in [-0.15, -0.1) is 0 Å². The summed E-state index contributed by atoms with van der Waals surface area (Å²) in [6.45, 7) is 0.247. The van der Waals surface area contributed by atoms with E-state index in [1.807, 2.05) is 6.07 Å². The van der Waals surface area contributed by atoms with Gasteiger partial charge < -0.3 is 5.32 Å². The summed E-state index contributed by atoms with van der Waals surface area (Å²) >= 11 is 7.33. The van der Waals surface area contributed by atoms with E-state index in [2.05, 4.69) is 10.3 Å². The number of fused-ring (bicyclic) bond motifs is 1. The maximum Gasteiger partial charge on any atom is 0.389 e. The lowest BCUT2D eigenvalue weighted by Gasteiger charge is -2.05. The first-order valence-corrected chi connectivity index (χ1v) is 6.51. The summed E-state index contributed by atoms with van der Waals surface area (Å²) in [7, 11) is 0. The van der Waals surface area contributed by atoms with Crippen molar-refractivity contribution in [1.29, 1.82) is 0 Å². The zero-order valence-corrected chi connectivity index (χ0v) is 10.8. The quantitative estimate of drug-likeness (QED) is 0.827. The molecule has 1 aromatic heterocycles. The summed E-state index contributed by atoms with van der Waals surface area (Å²) in [6.07, 6.45) is -4.85. The van der Waals surface area contributed by atoms with Gasteiger partial charge in [0, 0.05) is 13.0 Å². The molecule has 0 unspecified atom stereocenters. The highest BCUT2D eigenvalue weighted by molar-refractivity contribution is 7.22. The Labute approximate surface area is 111 Å². The number of thiazole rings is 1. The number of nitrogens with one attached hydrogen (secondary N) is 1. The molecule has 2 nitrogen and oxygen atoms in total. The highest BCUT2D eigenvalue weighted by Crippen LogP contribution is 2.31. The van der Waals surface area contributed by atoms with Gasteiger partial charge in [-0.2, -0.15) is 13.2 Å². The van der Waals surface area contributed by atoms with Gasteiger partial charge in [0.2, 0.25) is 0 Å². The van der Waals surface area contributed by atoms with Crippen LogP contribution in [0.5, 0.6) is 0 Å². The fourth-order valence-corrected chi connectivity index (χ4v) is 2.66. The Morgan fingerprint density at radius 1 is 1.33 bits per heavy atom. The van der Waals surface area contributed by atoms with Crippen molar-refractivity contribution in [3.05, 3.63) is 23.2 Å². The van der Waals surface area contributed by atoms with Gasteiger partial charge in [-0.3, -0.25) is 0 Å². The molecular formula is C11H10ClF3N2S. The second-order valence-corrected chi connectivity index (χ2v) is 5.16. The number of benzene rings is 1. The predicted molar refractivity (Wildman–Crippen MR) is 68.4 cm³/mol. The summed E-state index contributed by atoms with van der Waals surface area (Å²) < 4.78 is 36.7. The van der Waals surface area contributed by atoms with E-state index in [9.17, 15) is 13.2 Å². The SMILES string of the molecule is FC(F)(F)CCCNc1nc2cccc(Cl)c2s1. The summed E-state index contributed by atoms with van der Waals surface area (Å²) in [5.74, 6) is 0. The molecule has 0 atom stereocenters. The molecule has 0 aliphatic carbocycles. The number of rotatable bonds is 4. The standard InChI is InChI=1S/C11H10ClF3N2S/c12-7-3-1-4-8-9(7)18-10(17-8)16-6-2-5-11(13,14)15/h1,3-4H,2,5-6H2,(H,16,17). The molecule has 18 heavy (non-hydrogen) atoms. The van der Waals surface area contributed by atoms with Gasteiger partial charge in [-0.1, -0.05) is 29.0 Å². The first-order chi connectivity index (χ1) is 8.46. The van der Waals surface area contributed by atoms with Crippen LogP contribution in [0.3, 0.4) is 0 Å². The lowest BCUT2D eigenvalue weighted by molar-refractivity contribution is -0.134. The Bertz CT molecular complexity index is 539. The third kappa shape index (κ3) is 3.49.